The lowest BCUT2D eigenvalue weighted by atomic mass is 10.1. The van der Waals surface area contributed by atoms with Crippen molar-refractivity contribution < 1.29 is 17.5 Å². The molecule has 0 aliphatic carbocycles. The van der Waals surface area contributed by atoms with Gasteiger partial charge in [0.15, 0.2) is 5.82 Å². The fourth-order valence-corrected chi connectivity index (χ4v) is 4.60. The van der Waals surface area contributed by atoms with Crippen molar-refractivity contribution in [3.8, 4) is 17.1 Å². The summed E-state index contributed by atoms with van der Waals surface area (Å²) in [5.41, 5.74) is 2.30. The van der Waals surface area contributed by atoms with E-state index in [0.717, 1.165) is 16.8 Å². The second-order valence-corrected chi connectivity index (χ2v) is 8.38. The summed E-state index contributed by atoms with van der Waals surface area (Å²) >= 11 is 0. The zero-order valence-corrected chi connectivity index (χ0v) is 16.0. The Morgan fingerprint density at radius 1 is 1.14 bits per heavy atom. The van der Waals surface area contributed by atoms with E-state index in [2.05, 4.69) is 9.97 Å². The average molecular weight is 399 g/mol. The predicted molar refractivity (Wildman–Crippen MR) is 102 cm³/mol. The van der Waals surface area contributed by atoms with Gasteiger partial charge in [-0.15, -0.1) is 0 Å². The summed E-state index contributed by atoms with van der Waals surface area (Å²) in [6.45, 7) is 0.533. The standard InChI is InChI=1S/C20H18FN3O3S/c1-27-17-3-2-4-18(11-17)28(25,26)24-10-9-19-15(13-24)12-22-20(23-19)14-5-7-16(21)8-6-14/h2-8,11-12H,9-10,13H2,1H3. The molecule has 28 heavy (non-hydrogen) atoms. The summed E-state index contributed by atoms with van der Waals surface area (Å²) in [4.78, 5) is 9.08. The molecule has 0 unspecified atom stereocenters. The Balaban J connectivity index is 1.60. The molecule has 0 saturated heterocycles. The van der Waals surface area contributed by atoms with Crippen LogP contribution in [-0.4, -0.2) is 36.3 Å². The second-order valence-electron chi connectivity index (χ2n) is 6.44. The van der Waals surface area contributed by atoms with E-state index in [4.69, 9.17) is 4.74 Å². The summed E-state index contributed by atoms with van der Waals surface area (Å²) in [6.07, 6.45) is 2.13. The third kappa shape index (κ3) is 3.48. The number of aromatic nitrogens is 2. The molecule has 6 nitrogen and oxygen atoms in total. The Labute approximate surface area is 162 Å². The minimum atomic E-state index is -3.65. The van der Waals surface area contributed by atoms with Crippen molar-refractivity contribution in [1.29, 1.82) is 0 Å². The quantitative estimate of drug-likeness (QED) is 0.674. The number of rotatable bonds is 4. The third-order valence-electron chi connectivity index (χ3n) is 4.68. The molecule has 0 N–H and O–H groups in total. The molecule has 8 heteroatoms. The van der Waals surface area contributed by atoms with Crippen LogP contribution in [0.4, 0.5) is 4.39 Å². The second kappa shape index (κ2) is 7.29. The Morgan fingerprint density at radius 2 is 1.93 bits per heavy atom. The van der Waals surface area contributed by atoms with E-state index in [1.54, 1.807) is 36.5 Å². The van der Waals surface area contributed by atoms with Crippen LogP contribution in [0.1, 0.15) is 11.3 Å². The van der Waals surface area contributed by atoms with Gasteiger partial charge in [-0.25, -0.2) is 22.8 Å². The number of nitrogens with zero attached hydrogens (tertiary/aromatic N) is 3. The first-order valence-electron chi connectivity index (χ1n) is 8.72. The molecule has 1 aliphatic rings. The van der Waals surface area contributed by atoms with E-state index in [0.29, 0.717) is 24.5 Å². The maximum Gasteiger partial charge on any atom is 0.243 e. The van der Waals surface area contributed by atoms with Crippen LogP contribution in [0.25, 0.3) is 11.4 Å². The van der Waals surface area contributed by atoms with Crippen molar-refractivity contribution in [2.24, 2.45) is 0 Å². The molecule has 0 radical (unpaired) electrons. The molecule has 0 spiro atoms. The van der Waals surface area contributed by atoms with Crippen LogP contribution < -0.4 is 4.74 Å². The molecule has 2 heterocycles. The first-order valence-corrected chi connectivity index (χ1v) is 10.2. The lowest BCUT2D eigenvalue weighted by molar-refractivity contribution is 0.385. The maximum absolute atomic E-state index is 13.1. The van der Waals surface area contributed by atoms with E-state index >= 15 is 0 Å². The Kier molecular flexibility index (Phi) is 4.82. The molecular formula is C20H18FN3O3S. The van der Waals surface area contributed by atoms with E-state index in [1.165, 1.54) is 29.6 Å². The van der Waals surface area contributed by atoms with Gasteiger partial charge in [-0.05, 0) is 36.4 Å². The summed E-state index contributed by atoms with van der Waals surface area (Å²) in [5, 5.41) is 0. The Morgan fingerprint density at radius 3 is 2.68 bits per heavy atom. The number of hydrogen-bond donors (Lipinski definition) is 0. The highest BCUT2D eigenvalue weighted by molar-refractivity contribution is 7.89. The van der Waals surface area contributed by atoms with Crippen LogP contribution in [0.15, 0.2) is 59.6 Å². The molecule has 4 rings (SSSR count). The van der Waals surface area contributed by atoms with Crippen LogP contribution in [0.5, 0.6) is 5.75 Å². The number of ether oxygens (including phenoxy) is 1. The van der Waals surface area contributed by atoms with Gasteiger partial charge in [0.05, 0.1) is 17.7 Å². The van der Waals surface area contributed by atoms with Gasteiger partial charge in [0.25, 0.3) is 0 Å². The highest BCUT2D eigenvalue weighted by atomic mass is 32.2. The topological polar surface area (TPSA) is 72.4 Å². The van der Waals surface area contributed by atoms with Crippen molar-refractivity contribution in [3.63, 3.8) is 0 Å². The number of halogens is 1. The Bertz CT molecular complexity index is 1120. The third-order valence-corrected chi connectivity index (χ3v) is 6.52. The molecular weight excluding hydrogens is 381 g/mol. The van der Waals surface area contributed by atoms with Crippen molar-refractivity contribution >= 4 is 10.0 Å². The molecule has 2 aromatic carbocycles. The number of hydrogen-bond acceptors (Lipinski definition) is 5. The maximum atomic E-state index is 13.1. The van der Waals surface area contributed by atoms with E-state index in [-0.39, 0.29) is 17.3 Å². The molecule has 3 aromatic rings. The first kappa shape index (κ1) is 18.5. The lowest BCUT2D eigenvalue weighted by Gasteiger charge is -2.27. The van der Waals surface area contributed by atoms with Crippen LogP contribution >= 0.6 is 0 Å². The van der Waals surface area contributed by atoms with Crippen molar-refractivity contribution in [3.05, 3.63) is 71.8 Å². The van der Waals surface area contributed by atoms with Gasteiger partial charge in [-0.2, -0.15) is 4.31 Å². The average Bonchev–Trinajstić information content (AvgIpc) is 2.73. The molecule has 0 fully saturated rings. The Hall–Kier alpha value is -2.84. The molecule has 0 bridgehead atoms. The summed E-state index contributed by atoms with van der Waals surface area (Å²) in [6, 6.07) is 12.4. The normalized spacial score (nSPS) is 14.5. The summed E-state index contributed by atoms with van der Waals surface area (Å²) in [5.74, 6) is 0.675. The minimum absolute atomic E-state index is 0.194. The molecule has 0 atom stereocenters. The number of benzene rings is 2. The van der Waals surface area contributed by atoms with E-state index < -0.39 is 10.0 Å². The van der Waals surface area contributed by atoms with Gasteiger partial charge >= 0.3 is 0 Å². The van der Waals surface area contributed by atoms with Crippen LogP contribution in [0.2, 0.25) is 0 Å². The van der Waals surface area contributed by atoms with Crippen molar-refractivity contribution in [2.45, 2.75) is 17.9 Å². The fourth-order valence-electron chi connectivity index (χ4n) is 3.14. The highest BCUT2D eigenvalue weighted by Gasteiger charge is 2.29. The molecule has 144 valence electrons. The number of methoxy groups -OCH3 is 1. The fraction of sp³-hybridized carbons (Fsp3) is 0.200. The van der Waals surface area contributed by atoms with Gasteiger partial charge in [0, 0.05) is 42.9 Å². The molecule has 1 aliphatic heterocycles. The van der Waals surface area contributed by atoms with E-state index in [1.807, 2.05) is 0 Å². The number of fused-ring (bicyclic) bond motifs is 1. The lowest BCUT2D eigenvalue weighted by Crippen LogP contribution is -2.36. The monoisotopic (exact) mass is 399 g/mol. The van der Waals surface area contributed by atoms with Crippen LogP contribution in [0, 0.1) is 5.82 Å². The minimum Gasteiger partial charge on any atom is -0.497 e. The van der Waals surface area contributed by atoms with Gasteiger partial charge in [-0.3, -0.25) is 0 Å². The van der Waals surface area contributed by atoms with Crippen molar-refractivity contribution in [1.82, 2.24) is 14.3 Å². The van der Waals surface area contributed by atoms with Gasteiger partial charge in [0.1, 0.15) is 11.6 Å². The summed E-state index contributed by atoms with van der Waals surface area (Å²) in [7, 11) is -2.15. The van der Waals surface area contributed by atoms with Gasteiger partial charge < -0.3 is 4.74 Å². The smallest absolute Gasteiger partial charge is 0.243 e. The zero-order valence-electron chi connectivity index (χ0n) is 15.2. The van der Waals surface area contributed by atoms with Gasteiger partial charge in [0.2, 0.25) is 10.0 Å². The zero-order chi connectivity index (χ0) is 19.7. The first-order chi connectivity index (χ1) is 13.5. The van der Waals surface area contributed by atoms with Gasteiger partial charge in [-0.1, -0.05) is 6.07 Å². The van der Waals surface area contributed by atoms with Crippen LogP contribution in [0.3, 0.4) is 0 Å². The molecule has 0 saturated carbocycles. The molecule has 1 aromatic heterocycles. The SMILES string of the molecule is COc1cccc(S(=O)(=O)N2CCc3nc(-c4ccc(F)cc4)ncc3C2)c1. The van der Waals surface area contributed by atoms with E-state index in [9.17, 15) is 12.8 Å². The highest BCUT2D eigenvalue weighted by Crippen LogP contribution is 2.27. The largest absolute Gasteiger partial charge is 0.497 e. The van der Waals surface area contributed by atoms with Crippen molar-refractivity contribution in [2.75, 3.05) is 13.7 Å². The number of sulfonamides is 1. The molecule has 0 amide bonds. The van der Waals surface area contributed by atoms with Crippen LogP contribution in [-0.2, 0) is 23.0 Å². The summed E-state index contributed by atoms with van der Waals surface area (Å²) < 4.78 is 45.6. The predicted octanol–water partition coefficient (Wildman–Crippen LogP) is 3.04.